The van der Waals surface area contributed by atoms with E-state index in [1.54, 1.807) is 11.2 Å². The van der Waals surface area contributed by atoms with Gasteiger partial charge in [-0.2, -0.15) is 4.31 Å². The van der Waals surface area contributed by atoms with Gasteiger partial charge in [0.1, 0.15) is 0 Å². The largest absolute Gasteiger partial charge is 0.393 e. The van der Waals surface area contributed by atoms with Crippen LogP contribution in [0.25, 0.3) is 0 Å². The van der Waals surface area contributed by atoms with Crippen LogP contribution in [0.5, 0.6) is 0 Å². The Bertz CT molecular complexity index is 360. The van der Waals surface area contributed by atoms with Gasteiger partial charge in [0.2, 0.25) is 10.0 Å². The highest BCUT2D eigenvalue weighted by molar-refractivity contribution is 7.89. The summed E-state index contributed by atoms with van der Waals surface area (Å²) in [6.45, 7) is 2.39. The van der Waals surface area contributed by atoms with Gasteiger partial charge in [0, 0.05) is 12.6 Å². The summed E-state index contributed by atoms with van der Waals surface area (Å²) < 4.78 is 26.9. The number of hydrogen-bond donors (Lipinski definition) is 1. The van der Waals surface area contributed by atoms with Gasteiger partial charge in [0.05, 0.1) is 11.4 Å². The molecule has 1 saturated carbocycles. The van der Waals surface area contributed by atoms with Crippen LogP contribution in [-0.4, -0.2) is 41.8 Å². The maximum atomic E-state index is 12.6. The van der Waals surface area contributed by atoms with E-state index in [0.717, 1.165) is 38.5 Å². The molecule has 0 aromatic rings. The highest BCUT2D eigenvalue weighted by Gasteiger charge is 2.39. The third-order valence-corrected chi connectivity index (χ3v) is 6.68. The summed E-state index contributed by atoms with van der Waals surface area (Å²) in [5.41, 5.74) is 0. The Balaban J connectivity index is 2.07. The van der Waals surface area contributed by atoms with Crippen LogP contribution in [0.3, 0.4) is 0 Å². The summed E-state index contributed by atoms with van der Waals surface area (Å²) in [7, 11) is -3.13. The smallest absolute Gasteiger partial charge is 0.217 e. The van der Waals surface area contributed by atoms with Crippen LogP contribution in [0.15, 0.2) is 0 Å². The number of aliphatic hydroxyl groups is 1. The summed E-state index contributed by atoms with van der Waals surface area (Å²) in [4.78, 5) is 0. The summed E-state index contributed by atoms with van der Waals surface area (Å²) in [6.07, 6.45) is 6.88. The Morgan fingerprint density at radius 1 is 1.17 bits per heavy atom. The molecule has 1 heterocycles. The lowest BCUT2D eigenvalue weighted by molar-refractivity contribution is 0.157. The van der Waals surface area contributed by atoms with Crippen molar-refractivity contribution in [2.75, 3.05) is 6.54 Å². The minimum absolute atomic E-state index is 0.0249. The third kappa shape index (κ3) is 3.06. The summed E-state index contributed by atoms with van der Waals surface area (Å²) in [5.74, 6) is 0. The molecule has 5 heteroatoms. The highest BCUT2D eigenvalue weighted by Crippen LogP contribution is 2.32. The van der Waals surface area contributed by atoms with Crippen molar-refractivity contribution in [1.29, 1.82) is 0 Å². The van der Waals surface area contributed by atoms with Gasteiger partial charge < -0.3 is 5.11 Å². The predicted octanol–water partition coefficient (Wildman–Crippen LogP) is 1.88. The Morgan fingerprint density at radius 2 is 1.83 bits per heavy atom. The van der Waals surface area contributed by atoms with Gasteiger partial charge in [-0.15, -0.1) is 0 Å². The van der Waals surface area contributed by atoms with E-state index in [-0.39, 0.29) is 11.3 Å². The molecule has 2 fully saturated rings. The van der Waals surface area contributed by atoms with Crippen LogP contribution < -0.4 is 0 Å². The van der Waals surface area contributed by atoms with Crippen LogP contribution in [0, 0.1) is 0 Å². The topological polar surface area (TPSA) is 57.6 Å². The molecule has 1 saturated heterocycles. The van der Waals surface area contributed by atoms with Crippen molar-refractivity contribution >= 4 is 10.0 Å². The first kappa shape index (κ1) is 14.3. The fraction of sp³-hybridized carbons (Fsp3) is 1.00. The Hall–Kier alpha value is -0.130. The molecule has 2 unspecified atom stereocenters. The standard InChI is InChI=1S/C13H25NO3S/c1-11(15)10-12-6-5-9-14(12)18(16,17)13-7-3-2-4-8-13/h11-13,15H,2-10H2,1H3. The van der Waals surface area contributed by atoms with Gasteiger partial charge in [0.25, 0.3) is 0 Å². The van der Waals surface area contributed by atoms with Crippen molar-refractivity contribution in [3.63, 3.8) is 0 Å². The Labute approximate surface area is 110 Å². The zero-order valence-electron chi connectivity index (χ0n) is 11.2. The summed E-state index contributed by atoms with van der Waals surface area (Å²) in [5, 5.41) is 9.32. The molecule has 0 aromatic heterocycles. The Kier molecular flexibility index (Phi) is 4.67. The number of rotatable bonds is 4. The van der Waals surface area contributed by atoms with E-state index in [4.69, 9.17) is 0 Å². The fourth-order valence-electron chi connectivity index (χ4n) is 3.33. The first-order chi connectivity index (χ1) is 8.51. The van der Waals surface area contributed by atoms with Gasteiger partial charge in [0.15, 0.2) is 0 Å². The molecule has 2 rings (SSSR count). The minimum atomic E-state index is -3.13. The van der Waals surface area contributed by atoms with Crippen LogP contribution in [0.4, 0.5) is 0 Å². The molecule has 1 aliphatic carbocycles. The van der Waals surface area contributed by atoms with Crippen molar-refractivity contribution < 1.29 is 13.5 Å². The van der Waals surface area contributed by atoms with Crippen molar-refractivity contribution in [2.24, 2.45) is 0 Å². The SMILES string of the molecule is CC(O)CC1CCCN1S(=O)(=O)C1CCCCC1. The van der Waals surface area contributed by atoms with E-state index < -0.39 is 16.1 Å². The van der Waals surface area contributed by atoms with Crippen LogP contribution in [0.1, 0.15) is 58.3 Å². The number of aliphatic hydroxyl groups excluding tert-OH is 1. The average molecular weight is 275 g/mol. The van der Waals surface area contributed by atoms with Crippen LogP contribution in [-0.2, 0) is 10.0 Å². The fourth-order valence-corrected chi connectivity index (χ4v) is 5.63. The van der Waals surface area contributed by atoms with Gasteiger partial charge in [-0.1, -0.05) is 19.3 Å². The molecule has 1 aliphatic heterocycles. The quantitative estimate of drug-likeness (QED) is 0.852. The lowest BCUT2D eigenvalue weighted by Gasteiger charge is -2.31. The maximum absolute atomic E-state index is 12.6. The molecule has 106 valence electrons. The molecular weight excluding hydrogens is 250 g/mol. The first-order valence-corrected chi connectivity index (χ1v) is 8.71. The van der Waals surface area contributed by atoms with Crippen molar-refractivity contribution in [1.82, 2.24) is 4.31 Å². The monoisotopic (exact) mass is 275 g/mol. The van der Waals surface area contributed by atoms with Gasteiger partial charge in [-0.25, -0.2) is 8.42 Å². The predicted molar refractivity (Wildman–Crippen MR) is 71.8 cm³/mol. The lowest BCUT2D eigenvalue weighted by atomic mass is 10.0. The van der Waals surface area contributed by atoms with E-state index >= 15 is 0 Å². The summed E-state index contributed by atoms with van der Waals surface area (Å²) in [6, 6.07) is 0.0249. The number of sulfonamides is 1. The molecule has 2 atom stereocenters. The molecule has 1 N–H and O–H groups in total. The molecule has 0 aromatic carbocycles. The van der Waals surface area contributed by atoms with E-state index in [1.807, 2.05) is 0 Å². The van der Waals surface area contributed by atoms with Crippen molar-refractivity contribution in [3.8, 4) is 0 Å². The lowest BCUT2D eigenvalue weighted by Crippen LogP contribution is -2.43. The minimum Gasteiger partial charge on any atom is -0.393 e. The molecule has 2 aliphatic rings. The highest BCUT2D eigenvalue weighted by atomic mass is 32.2. The normalized spacial score (nSPS) is 29.6. The summed E-state index contributed by atoms with van der Waals surface area (Å²) >= 11 is 0. The molecule has 0 spiro atoms. The molecule has 18 heavy (non-hydrogen) atoms. The molecular formula is C13H25NO3S. The van der Waals surface area contributed by atoms with Crippen LogP contribution in [0.2, 0.25) is 0 Å². The Morgan fingerprint density at radius 3 is 2.44 bits per heavy atom. The number of hydrogen-bond acceptors (Lipinski definition) is 3. The molecule has 4 nitrogen and oxygen atoms in total. The molecule has 0 radical (unpaired) electrons. The zero-order chi connectivity index (χ0) is 13.2. The van der Waals surface area contributed by atoms with E-state index in [9.17, 15) is 13.5 Å². The van der Waals surface area contributed by atoms with Crippen LogP contribution >= 0.6 is 0 Å². The van der Waals surface area contributed by atoms with E-state index in [2.05, 4.69) is 0 Å². The third-order valence-electron chi connectivity index (χ3n) is 4.24. The second kappa shape index (κ2) is 5.88. The first-order valence-electron chi connectivity index (χ1n) is 7.20. The zero-order valence-corrected chi connectivity index (χ0v) is 12.0. The van der Waals surface area contributed by atoms with Gasteiger partial charge in [-0.3, -0.25) is 0 Å². The number of nitrogens with zero attached hydrogens (tertiary/aromatic N) is 1. The van der Waals surface area contributed by atoms with Gasteiger partial charge >= 0.3 is 0 Å². The van der Waals surface area contributed by atoms with E-state index in [0.29, 0.717) is 13.0 Å². The second-order valence-electron chi connectivity index (χ2n) is 5.80. The average Bonchev–Trinajstić information content (AvgIpc) is 2.78. The van der Waals surface area contributed by atoms with Gasteiger partial charge in [-0.05, 0) is 39.0 Å². The molecule has 0 bridgehead atoms. The second-order valence-corrected chi connectivity index (χ2v) is 7.96. The molecule has 0 amide bonds. The van der Waals surface area contributed by atoms with Crippen molar-refractivity contribution in [2.45, 2.75) is 75.7 Å². The van der Waals surface area contributed by atoms with Crippen molar-refractivity contribution in [3.05, 3.63) is 0 Å². The van der Waals surface area contributed by atoms with E-state index in [1.165, 1.54) is 6.42 Å². The maximum Gasteiger partial charge on any atom is 0.217 e.